The van der Waals surface area contributed by atoms with E-state index in [4.69, 9.17) is 10.5 Å². The van der Waals surface area contributed by atoms with Crippen LogP contribution in [-0.4, -0.2) is 9.55 Å². The molecule has 2 atom stereocenters. The third-order valence-corrected chi connectivity index (χ3v) is 4.07. The molecule has 0 spiro atoms. The van der Waals surface area contributed by atoms with Crippen LogP contribution in [0.4, 0.5) is 4.39 Å². The molecule has 1 saturated carbocycles. The smallest absolute Gasteiger partial charge is 0.142 e. The Balaban J connectivity index is 1.68. The molecule has 0 amide bonds. The van der Waals surface area contributed by atoms with E-state index in [0.29, 0.717) is 18.2 Å². The summed E-state index contributed by atoms with van der Waals surface area (Å²) in [4.78, 5) is 4.24. The van der Waals surface area contributed by atoms with Crippen LogP contribution in [0.3, 0.4) is 0 Å². The number of rotatable bonds is 2. The lowest BCUT2D eigenvalue weighted by Crippen LogP contribution is -2.25. The van der Waals surface area contributed by atoms with E-state index in [2.05, 4.69) is 9.55 Å². The highest BCUT2D eigenvalue weighted by Gasteiger charge is 2.33. The summed E-state index contributed by atoms with van der Waals surface area (Å²) in [5.41, 5.74) is 7.99. The zero-order valence-electron chi connectivity index (χ0n) is 11.0. The Morgan fingerprint density at radius 3 is 3.00 bits per heavy atom. The van der Waals surface area contributed by atoms with Crippen molar-refractivity contribution in [1.29, 1.82) is 0 Å². The summed E-state index contributed by atoms with van der Waals surface area (Å²) in [6, 6.07) is 4.89. The normalized spacial score (nSPS) is 25.1. The molecule has 2 N–H and O–H groups in total. The van der Waals surface area contributed by atoms with E-state index in [1.54, 1.807) is 6.07 Å². The van der Waals surface area contributed by atoms with E-state index < -0.39 is 0 Å². The Hall–Kier alpha value is -1.88. The molecule has 1 aromatic carbocycles. The summed E-state index contributed by atoms with van der Waals surface area (Å²) in [6.45, 7) is 0. The Bertz CT molecular complexity index is 650. The van der Waals surface area contributed by atoms with Crippen LogP contribution in [-0.2, 0) is 0 Å². The standard InChI is InChI=1S/C15H16FN3O/c16-9-1-4-14-11(5-9)12(17)6-15(20-14)13-7-18-8-19(13)10-2-3-10/h1,4-5,7-8,10,12,15H,2-3,6,17H2/t12-,15?/m0/s1. The third kappa shape index (κ3) is 1.89. The van der Waals surface area contributed by atoms with E-state index >= 15 is 0 Å². The highest BCUT2D eigenvalue weighted by Crippen LogP contribution is 2.43. The minimum Gasteiger partial charge on any atom is -0.484 e. The maximum atomic E-state index is 13.3. The molecule has 5 heteroatoms. The zero-order chi connectivity index (χ0) is 13.7. The summed E-state index contributed by atoms with van der Waals surface area (Å²) in [5, 5.41) is 0. The highest BCUT2D eigenvalue weighted by atomic mass is 19.1. The number of nitrogens with two attached hydrogens (primary N) is 1. The molecule has 1 aromatic heterocycles. The van der Waals surface area contributed by atoms with Crippen molar-refractivity contribution in [3.05, 3.63) is 47.8 Å². The van der Waals surface area contributed by atoms with Gasteiger partial charge in [-0.1, -0.05) is 0 Å². The second kappa shape index (κ2) is 4.31. The molecule has 2 aliphatic rings. The summed E-state index contributed by atoms with van der Waals surface area (Å²) < 4.78 is 21.5. The van der Waals surface area contributed by atoms with Crippen LogP contribution in [0.1, 0.15) is 48.7 Å². The van der Waals surface area contributed by atoms with Crippen LogP contribution in [0.2, 0.25) is 0 Å². The molecular formula is C15H16FN3O. The van der Waals surface area contributed by atoms with Gasteiger partial charge in [-0.2, -0.15) is 0 Å². The maximum Gasteiger partial charge on any atom is 0.142 e. The molecule has 0 saturated heterocycles. The van der Waals surface area contributed by atoms with Gasteiger partial charge in [0, 0.05) is 24.1 Å². The molecule has 2 aromatic rings. The van der Waals surface area contributed by atoms with Gasteiger partial charge in [0.15, 0.2) is 0 Å². The van der Waals surface area contributed by atoms with Crippen molar-refractivity contribution < 1.29 is 9.13 Å². The number of ether oxygens (including phenoxy) is 1. The van der Waals surface area contributed by atoms with Crippen molar-refractivity contribution in [3.8, 4) is 5.75 Å². The minimum atomic E-state index is -0.274. The van der Waals surface area contributed by atoms with E-state index in [1.807, 2.05) is 12.5 Å². The largest absolute Gasteiger partial charge is 0.484 e. The summed E-state index contributed by atoms with van der Waals surface area (Å²) >= 11 is 0. The van der Waals surface area contributed by atoms with Crippen molar-refractivity contribution in [2.24, 2.45) is 5.73 Å². The van der Waals surface area contributed by atoms with Crippen molar-refractivity contribution in [2.75, 3.05) is 0 Å². The second-order valence-electron chi connectivity index (χ2n) is 5.59. The van der Waals surface area contributed by atoms with Gasteiger partial charge >= 0.3 is 0 Å². The fraction of sp³-hybridized carbons (Fsp3) is 0.400. The summed E-state index contributed by atoms with van der Waals surface area (Å²) in [5.74, 6) is 0.406. The fourth-order valence-electron chi connectivity index (χ4n) is 2.88. The average molecular weight is 273 g/mol. The summed E-state index contributed by atoms with van der Waals surface area (Å²) in [6.07, 6.45) is 6.65. The van der Waals surface area contributed by atoms with Gasteiger partial charge in [0.25, 0.3) is 0 Å². The molecular weight excluding hydrogens is 257 g/mol. The number of hydrogen-bond acceptors (Lipinski definition) is 3. The van der Waals surface area contributed by atoms with Gasteiger partial charge < -0.3 is 15.0 Å². The first-order valence-electron chi connectivity index (χ1n) is 6.96. The molecule has 1 fully saturated rings. The lowest BCUT2D eigenvalue weighted by Gasteiger charge is -2.30. The number of benzene rings is 1. The van der Waals surface area contributed by atoms with E-state index in [1.165, 1.54) is 25.0 Å². The first-order chi connectivity index (χ1) is 9.72. The quantitative estimate of drug-likeness (QED) is 0.915. The Labute approximate surface area is 116 Å². The first-order valence-corrected chi connectivity index (χ1v) is 6.96. The molecule has 4 rings (SSSR count). The average Bonchev–Trinajstić information content (AvgIpc) is 3.17. The van der Waals surface area contributed by atoms with Gasteiger partial charge in [-0.05, 0) is 31.0 Å². The van der Waals surface area contributed by atoms with Crippen LogP contribution < -0.4 is 10.5 Å². The van der Waals surface area contributed by atoms with E-state index in [0.717, 1.165) is 11.3 Å². The topological polar surface area (TPSA) is 53.1 Å². The van der Waals surface area contributed by atoms with Crippen LogP contribution in [0.25, 0.3) is 0 Å². The highest BCUT2D eigenvalue weighted by molar-refractivity contribution is 5.39. The maximum absolute atomic E-state index is 13.3. The molecule has 0 radical (unpaired) electrons. The van der Waals surface area contributed by atoms with Crippen molar-refractivity contribution in [1.82, 2.24) is 9.55 Å². The van der Waals surface area contributed by atoms with Gasteiger partial charge in [-0.15, -0.1) is 0 Å². The first kappa shape index (κ1) is 11.9. The van der Waals surface area contributed by atoms with Crippen LogP contribution >= 0.6 is 0 Å². The van der Waals surface area contributed by atoms with Gasteiger partial charge in [-0.25, -0.2) is 9.37 Å². The van der Waals surface area contributed by atoms with Gasteiger partial charge in [-0.3, -0.25) is 0 Å². The Morgan fingerprint density at radius 1 is 1.35 bits per heavy atom. The predicted molar refractivity (Wildman–Crippen MR) is 71.8 cm³/mol. The monoisotopic (exact) mass is 273 g/mol. The van der Waals surface area contributed by atoms with Gasteiger partial charge in [0.1, 0.15) is 17.7 Å². The lowest BCUT2D eigenvalue weighted by atomic mass is 9.96. The minimum absolute atomic E-state index is 0.105. The molecule has 1 aliphatic carbocycles. The van der Waals surface area contributed by atoms with Crippen LogP contribution in [0, 0.1) is 5.82 Å². The molecule has 4 nitrogen and oxygen atoms in total. The second-order valence-corrected chi connectivity index (χ2v) is 5.59. The van der Waals surface area contributed by atoms with Gasteiger partial charge in [0.05, 0.1) is 18.2 Å². The number of halogens is 1. The Morgan fingerprint density at radius 2 is 2.20 bits per heavy atom. The van der Waals surface area contributed by atoms with Crippen LogP contribution in [0.5, 0.6) is 5.75 Å². The number of imidazole rings is 1. The van der Waals surface area contributed by atoms with Crippen molar-refractivity contribution in [2.45, 2.75) is 37.5 Å². The van der Waals surface area contributed by atoms with Crippen LogP contribution in [0.15, 0.2) is 30.7 Å². The number of nitrogens with zero attached hydrogens (tertiary/aromatic N) is 2. The number of aromatic nitrogens is 2. The lowest BCUT2D eigenvalue weighted by molar-refractivity contribution is 0.152. The molecule has 1 unspecified atom stereocenters. The molecule has 1 aliphatic heterocycles. The SMILES string of the molecule is N[C@H]1CC(c2cncn2C2CC2)Oc2ccc(F)cc21. The molecule has 20 heavy (non-hydrogen) atoms. The van der Waals surface area contributed by atoms with E-state index in [9.17, 15) is 4.39 Å². The van der Waals surface area contributed by atoms with Crippen molar-refractivity contribution >= 4 is 0 Å². The molecule has 104 valence electrons. The zero-order valence-corrected chi connectivity index (χ0v) is 11.0. The third-order valence-electron chi connectivity index (χ3n) is 4.07. The predicted octanol–water partition coefficient (Wildman–Crippen LogP) is 2.88. The van der Waals surface area contributed by atoms with Crippen molar-refractivity contribution in [3.63, 3.8) is 0 Å². The fourth-order valence-corrected chi connectivity index (χ4v) is 2.88. The molecule has 2 heterocycles. The summed E-state index contributed by atoms with van der Waals surface area (Å²) in [7, 11) is 0. The number of fused-ring (bicyclic) bond motifs is 1. The molecule has 0 bridgehead atoms. The van der Waals surface area contributed by atoms with E-state index in [-0.39, 0.29) is 18.0 Å². The number of hydrogen-bond donors (Lipinski definition) is 1. The van der Waals surface area contributed by atoms with Gasteiger partial charge in [0.2, 0.25) is 0 Å². The Kier molecular flexibility index (Phi) is 2.57.